The van der Waals surface area contributed by atoms with Crippen molar-refractivity contribution in [3.05, 3.63) is 63.9 Å². The smallest absolute Gasteiger partial charge is 0.137 e. The Morgan fingerprint density at radius 3 is 2.53 bits per heavy atom. The van der Waals surface area contributed by atoms with Gasteiger partial charge < -0.3 is 4.74 Å². The van der Waals surface area contributed by atoms with Gasteiger partial charge in [-0.2, -0.15) is 0 Å². The molecule has 1 nitrogen and oxygen atoms in total. The molecule has 0 aliphatic heterocycles. The van der Waals surface area contributed by atoms with Crippen LogP contribution in [0.5, 0.6) is 5.75 Å². The standard InChI is InChI=1S/C16H16BrFO/c1-2-4-12-7-9-14(10-8-12)19-11-13-5-3-6-15(18)16(13)17/h3,5-10H,2,4,11H2,1H3. The van der Waals surface area contributed by atoms with E-state index in [4.69, 9.17) is 4.74 Å². The first-order valence-corrected chi connectivity index (χ1v) is 7.14. The van der Waals surface area contributed by atoms with Gasteiger partial charge in [-0.05, 0) is 46.1 Å². The van der Waals surface area contributed by atoms with E-state index in [2.05, 4.69) is 35.0 Å². The van der Waals surface area contributed by atoms with E-state index in [0.29, 0.717) is 11.1 Å². The quantitative estimate of drug-likeness (QED) is 0.742. The van der Waals surface area contributed by atoms with Gasteiger partial charge in [0.2, 0.25) is 0 Å². The van der Waals surface area contributed by atoms with Crippen molar-refractivity contribution in [2.45, 2.75) is 26.4 Å². The zero-order chi connectivity index (χ0) is 13.7. The Labute approximate surface area is 121 Å². The lowest BCUT2D eigenvalue weighted by Gasteiger charge is -2.09. The Morgan fingerprint density at radius 2 is 1.84 bits per heavy atom. The summed E-state index contributed by atoms with van der Waals surface area (Å²) in [5, 5.41) is 0. The average Bonchev–Trinajstić information content (AvgIpc) is 2.42. The fraction of sp³-hybridized carbons (Fsp3) is 0.250. The molecule has 3 heteroatoms. The number of rotatable bonds is 5. The Morgan fingerprint density at radius 1 is 1.11 bits per heavy atom. The molecular weight excluding hydrogens is 307 g/mol. The number of hydrogen-bond acceptors (Lipinski definition) is 1. The van der Waals surface area contributed by atoms with Gasteiger partial charge in [-0.3, -0.25) is 0 Å². The predicted molar refractivity (Wildman–Crippen MR) is 78.9 cm³/mol. The van der Waals surface area contributed by atoms with E-state index in [0.717, 1.165) is 24.2 Å². The molecule has 0 saturated carbocycles. The van der Waals surface area contributed by atoms with E-state index >= 15 is 0 Å². The van der Waals surface area contributed by atoms with Crippen molar-refractivity contribution in [2.24, 2.45) is 0 Å². The minimum atomic E-state index is -0.264. The first kappa shape index (κ1) is 14.1. The van der Waals surface area contributed by atoms with Gasteiger partial charge in [-0.15, -0.1) is 0 Å². The second-order valence-corrected chi connectivity index (χ2v) is 5.19. The highest BCUT2D eigenvalue weighted by Crippen LogP contribution is 2.22. The van der Waals surface area contributed by atoms with Gasteiger partial charge in [-0.1, -0.05) is 37.6 Å². The van der Waals surface area contributed by atoms with Crippen LogP contribution in [0.4, 0.5) is 4.39 Å². The molecule has 19 heavy (non-hydrogen) atoms. The summed E-state index contributed by atoms with van der Waals surface area (Å²) >= 11 is 3.23. The third kappa shape index (κ3) is 3.80. The molecular formula is C16H16BrFO. The highest BCUT2D eigenvalue weighted by Gasteiger charge is 2.05. The predicted octanol–water partition coefficient (Wildman–Crippen LogP) is 5.12. The summed E-state index contributed by atoms with van der Waals surface area (Å²) in [7, 11) is 0. The van der Waals surface area contributed by atoms with Crippen molar-refractivity contribution in [3.63, 3.8) is 0 Å². The highest BCUT2D eigenvalue weighted by atomic mass is 79.9. The van der Waals surface area contributed by atoms with Gasteiger partial charge in [0, 0.05) is 5.56 Å². The van der Waals surface area contributed by atoms with Crippen LogP contribution in [-0.4, -0.2) is 0 Å². The first-order valence-electron chi connectivity index (χ1n) is 6.35. The van der Waals surface area contributed by atoms with Crippen molar-refractivity contribution >= 4 is 15.9 Å². The van der Waals surface area contributed by atoms with E-state index in [1.165, 1.54) is 11.6 Å². The van der Waals surface area contributed by atoms with Crippen LogP contribution < -0.4 is 4.74 Å². The SMILES string of the molecule is CCCc1ccc(OCc2cccc(F)c2Br)cc1. The topological polar surface area (TPSA) is 9.23 Å². The van der Waals surface area contributed by atoms with Crippen LogP contribution in [0.15, 0.2) is 46.9 Å². The summed E-state index contributed by atoms with van der Waals surface area (Å²) in [4.78, 5) is 0. The number of hydrogen-bond donors (Lipinski definition) is 0. The van der Waals surface area contributed by atoms with Crippen LogP contribution in [0, 0.1) is 5.82 Å². The van der Waals surface area contributed by atoms with Gasteiger partial charge in [0.05, 0.1) is 4.47 Å². The Bertz CT molecular complexity index is 537. The Kier molecular flexibility index (Phi) is 4.97. The lowest BCUT2D eigenvalue weighted by molar-refractivity contribution is 0.304. The first-order chi connectivity index (χ1) is 9.20. The normalized spacial score (nSPS) is 10.5. The lowest BCUT2D eigenvalue weighted by atomic mass is 10.1. The third-order valence-corrected chi connectivity index (χ3v) is 3.78. The van der Waals surface area contributed by atoms with Gasteiger partial charge in [0.15, 0.2) is 0 Å². The molecule has 0 radical (unpaired) electrons. The summed E-state index contributed by atoms with van der Waals surface area (Å²) in [5.41, 5.74) is 2.11. The fourth-order valence-electron chi connectivity index (χ4n) is 1.86. The molecule has 0 atom stereocenters. The third-order valence-electron chi connectivity index (χ3n) is 2.89. The number of ether oxygens (including phenoxy) is 1. The molecule has 0 aliphatic carbocycles. The van der Waals surface area contributed by atoms with Crippen molar-refractivity contribution in [1.82, 2.24) is 0 Å². The van der Waals surface area contributed by atoms with Crippen LogP contribution in [0.3, 0.4) is 0 Å². The van der Waals surface area contributed by atoms with Crippen molar-refractivity contribution in [2.75, 3.05) is 0 Å². The molecule has 0 unspecified atom stereocenters. The zero-order valence-electron chi connectivity index (χ0n) is 10.8. The van der Waals surface area contributed by atoms with E-state index in [-0.39, 0.29) is 5.82 Å². The van der Waals surface area contributed by atoms with E-state index < -0.39 is 0 Å². The van der Waals surface area contributed by atoms with E-state index in [1.807, 2.05) is 18.2 Å². The summed E-state index contributed by atoms with van der Waals surface area (Å²) in [6.45, 7) is 2.51. The molecule has 2 aromatic rings. The number of aryl methyl sites for hydroxylation is 1. The van der Waals surface area contributed by atoms with E-state index in [9.17, 15) is 4.39 Å². The summed E-state index contributed by atoms with van der Waals surface area (Å²) in [6.07, 6.45) is 2.21. The van der Waals surface area contributed by atoms with Crippen LogP contribution in [0.2, 0.25) is 0 Å². The van der Waals surface area contributed by atoms with Crippen LogP contribution in [0.25, 0.3) is 0 Å². The molecule has 0 bridgehead atoms. The molecule has 2 aromatic carbocycles. The van der Waals surface area contributed by atoms with Gasteiger partial charge in [-0.25, -0.2) is 4.39 Å². The average molecular weight is 323 g/mol. The highest BCUT2D eigenvalue weighted by molar-refractivity contribution is 9.10. The lowest BCUT2D eigenvalue weighted by Crippen LogP contribution is -1.97. The van der Waals surface area contributed by atoms with Crippen LogP contribution >= 0.6 is 15.9 Å². The van der Waals surface area contributed by atoms with Gasteiger partial charge in [0.1, 0.15) is 18.2 Å². The maximum Gasteiger partial charge on any atom is 0.137 e. The molecule has 2 rings (SSSR count). The largest absolute Gasteiger partial charge is 0.489 e. The molecule has 0 amide bonds. The van der Waals surface area contributed by atoms with Gasteiger partial charge >= 0.3 is 0 Å². The summed E-state index contributed by atoms with van der Waals surface area (Å²) in [5.74, 6) is 0.537. The van der Waals surface area contributed by atoms with Crippen molar-refractivity contribution < 1.29 is 9.13 Å². The Balaban J connectivity index is 2.00. The minimum absolute atomic E-state index is 0.264. The summed E-state index contributed by atoms with van der Waals surface area (Å²) in [6, 6.07) is 13.0. The van der Waals surface area contributed by atoms with Crippen molar-refractivity contribution in [3.8, 4) is 5.75 Å². The molecule has 0 aliphatic rings. The second kappa shape index (κ2) is 6.71. The fourth-order valence-corrected chi connectivity index (χ4v) is 2.24. The summed E-state index contributed by atoms with van der Waals surface area (Å²) < 4.78 is 19.5. The molecule has 0 aromatic heterocycles. The van der Waals surface area contributed by atoms with Crippen molar-refractivity contribution in [1.29, 1.82) is 0 Å². The number of benzene rings is 2. The molecule has 0 heterocycles. The maximum atomic E-state index is 13.3. The zero-order valence-corrected chi connectivity index (χ0v) is 12.4. The molecule has 0 fully saturated rings. The number of halogens is 2. The monoisotopic (exact) mass is 322 g/mol. The maximum absolute atomic E-state index is 13.3. The van der Waals surface area contributed by atoms with E-state index in [1.54, 1.807) is 6.07 Å². The van der Waals surface area contributed by atoms with Crippen LogP contribution in [-0.2, 0) is 13.0 Å². The molecule has 100 valence electrons. The van der Waals surface area contributed by atoms with Crippen LogP contribution in [0.1, 0.15) is 24.5 Å². The molecule has 0 spiro atoms. The molecule has 0 saturated heterocycles. The minimum Gasteiger partial charge on any atom is -0.489 e. The van der Waals surface area contributed by atoms with Gasteiger partial charge in [0.25, 0.3) is 0 Å². The Hall–Kier alpha value is -1.35. The molecule has 0 N–H and O–H groups in total. The second-order valence-electron chi connectivity index (χ2n) is 4.40.